The van der Waals surface area contributed by atoms with Gasteiger partial charge in [-0.3, -0.25) is 0 Å². The summed E-state index contributed by atoms with van der Waals surface area (Å²) in [6.07, 6.45) is 6.46. The van der Waals surface area contributed by atoms with Gasteiger partial charge in [0, 0.05) is 0 Å². The molecule has 0 aromatic carbocycles. The van der Waals surface area contributed by atoms with Crippen LogP contribution < -0.4 is 0 Å². The fraction of sp³-hybridized carbons (Fsp3) is 0.700. The summed E-state index contributed by atoms with van der Waals surface area (Å²) < 4.78 is 0. The van der Waals surface area contributed by atoms with Crippen LogP contribution in [0, 0.1) is 22.2 Å². The third-order valence-electron chi connectivity index (χ3n) is 3.09. The summed E-state index contributed by atoms with van der Waals surface area (Å²) in [5, 5.41) is 8.94. The minimum Gasteiger partial charge on any atom is -0.198 e. The largest absolute Gasteiger partial charge is 0.198 e. The van der Waals surface area contributed by atoms with E-state index in [9.17, 15) is 0 Å². The molecule has 60 valence electrons. The number of rotatable bonds is 1. The molecule has 0 amide bonds. The number of allylic oxidation sites excluding steroid dienone is 2. The van der Waals surface area contributed by atoms with Gasteiger partial charge in [-0.15, -0.1) is 0 Å². The van der Waals surface area contributed by atoms with Crippen molar-refractivity contribution in [3.63, 3.8) is 0 Å². The average Bonchev–Trinajstić information content (AvgIpc) is 2.38. The van der Waals surface area contributed by atoms with Gasteiger partial charge in [0.1, 0.15) is 0 Å². The van der Waals surface area contributed by atoms with E-state index in [0.717, 1.165) is 12.8 Å². The smallest absolute Gasteiger partial charge is 0.0689 e. The van der Waals surface area contributed by atoms with E-state index in [4.69, 9.17) is 5.26 Å². The van der Waals surface area contributed by atoms with Crippen LogP contribution in [0.1, 0.15) is 33.6 Å². The maximum Gasteiger partial charge on any atom is 0.0689 e. The summed E-state index contributed by atoms with van der Waals surface area (Å²) in [4.78, 5) is 0. The van der Waals surface area contributed by atoms with Crippen molar-refractivity contribution in [2.45, 2.75) is 33.6 Å². The molecule has 0 aliphatic heterocycles. The number of hydrogen-bond donors (Lipinski definition) is 0. The zero-order valence-electron chi connectivity index (χ0n) is 7.52. The van der Waals surface area contributed by atoms with Crippen molar-refractivity contribution in [1.82, 2.24) is 0 Å². The number of hydrogen-bond acceptors (Lipinski definition) is 1. The first kappa shape index (κ1) is 8.33. The summed E-state index contributed by atoms with van der Waals surface area (Å²) >= 11 is 0. The second-order valence-corrected chi connectivity index (χ2v) is 4.18. The first-order chi connectivity index (χ1) is 5.02. The van der Waals surface area contributed by atoms with E-state index in [1.54, 1.807) is 0 Å². The molecule has 1 rings (SSSR count). The van der Waals surface area contributed by atoms with Crippen molar-refractivity contribution in [1.29, 1.82) is 5.26 Å². The molecule has 1 aliphatic carbocycles. The van der Waals surface area contributed by atoms with Crippen molar-refractivity contribution in [3.8, 4) is 6.07 Å². The molecule has 0 unspecified atom stereocenters. The number of nitriles is 1. The third-order valence-corrected chi connectivity index (χ3v) is 3.09. The van der Waals surface area contributed by atoms with Crippen LogP contribution in [-0.4, -0.2) is 0 Å². The van der Waals surface area contributed by atoms with E-state index in [1.807, 2.05) is 13.8 Å². The van der Waals surface area contributed by atoms with Crippen LogP contribution in [-0.2, 0) is 0 Å². The highest BCUT2D eigenvalue weighted by Gasteiger charge is 2.41. The van der Waals surface area contributed by atoms with E-state index in [0.29, 0.717) is 0 Å². The molecule has 1 heteroatoms. The van der Waals surface area contributed by atoms with Crippen molar-refractivity contribution in [2.75, 3.05) is 0 Å². The van der Waals surface area contributed by atoms with E-state index in [1.165, 1.54) is 0 Å². The topological polar surface area (TPSA) is 23.8 Å². The Bertz CT molecular complexity index is 210. The van der Waals surface area contributed by atoms with Crippen LogP contribution >= 0.6 is 0 Å². The van der Waals surface area contributed by atoms with Gasteiger partial charge in [-0.05, 0) is 32.1 Å². The van der Waals surface area contributed by atoms with Crippen LogP contribution in [0.2, 0.25) is 0 Å². The maximum absolute atomic E-state index is 8.94. The lowest BCUT2D eigenvalue weighted by Gasteiger charge is -2.35. The SMILES string of the molecule is CC(C)(C#N)C1(C)CC=CC1. The predicted molar refractivity (Wildman–Crippen MR) is 45.9 cm³/mol. The highest BCUT2D eigenvalue weighted by Crippen LogP contribution is 2.47. The van der Waals surface area contributed by atoms with Gasteiger partial charge in [0.2, 0.25) is 0 Å². The maximum atomic E-state index is 8.94. The zero-order chi connectivity index (χ0) is 8.54. The summed E-state index contributed by atoms with van der Waals surface area (Å²) in [5.74, 6) is 0. The normalized spacial score (nSPS) is 21.6. The highest BCUT2D eigenvalue weighted by atomic mass is 14.5. The Morgan fingerprint density at radius 1 is 1.36 bits per heavy atom. The van der Waals surface area contributed by atoms with Crippen molar-refractivity contribution >= 4 is 0 Å². The van der Waals surface area contributed by atoms with Gasteiger partial charge < -0.3 is 0 Å². The molecule has 1 nitrogen and oxygen atoms in total. The van der Waals surface area contributed by atoms with Gasteiger partial charge >= 0.3 is 0 Å². The second kappa shape index (κ2) is 2.37. The van der Waals surface area contributed by atoms with E-state index in [-0.39, 0.29) is 10.8 Å². The predicted octanol–water partition coefficient (Wildman–Crippen LogP) is 2.89. The fourth-order valence-electron chi connectivity index (χ4n) is 1.42. The minimum atomic E-state index is -0.198. The van der Waals surface area contributed by atoms with Crippen LogP contribution in [0.5, 0.6) is 0 Å². The summed E-state index contributed by atoms with van der Waals surface area (Å²) in [5.41, 5.74) is -0.0295. The molecule has 0 saturated heterocycles. The molecule has 0 heterocycles. The molecule has 0 spiro atoms. The molecule has 11 heavy (non-hydrogen) atoms. The summed E-state index contributed by atoms with van der Waals surface area (Å²) in [6.45, 7) is 6.25. The van der Waals surface area contributed by atoms with Gasteiger partial charge in [-0.25, -0.2) is 0 Å². The Morgan fingerprint density at radius 2 is 1.82 bits per heavy atom. The van der Waals surface area contributed by atoms with Crippen molar-refractivity contribution in [3.05, 3.63) is 12.2 Å². The molecule has 0 saturated carbocycles. The first-order valence-electron chi connectivity index (χ1n) is 4.08. The Labute approximate surface area is 68.7 Å². The lowest BCUT2D eigenvalue weighted by molar-refractivity contribution is 0.165. The molecular formula is C10H15N. The zero-order valence-corrected chi connectivity index (χ0v) is 7.52. The molecule has 0 N–H and O–H groups in total. The van der Waals surface area contributed by atoms with Gasteiger partial charge in [0.05, 0.1) is 11.5 Å². The summed E-state index contributed by atoms with van der Waals surface area (Å²) in [7, 11) is 0. The lowest BCUT2D eigenvalue weighted by atomic mass is 9.66. The molecular weight excluding hydrogens is 134 g/mol. The van der Waals surface area contributed by atoms with Gasteiger partial charge in [-0.1, -0.05) is 19.1 Å². The standard InChI is InChI=1S/C10H15N/c1-9(2,8-11)10(3)6-4-5-7-10/h4-5H,6-7H2,1-3H3. The molecule has 0 fully saturated rings. The van der Waals surface area contributed by atoms with Crippen molar-refractivity contribution < 1.29 is 0 Å². The van der Waals surface area contributed by atoms with Gasteiger partial charge in [0.25, 0.3) is 0 Å². The monoisotopic (exact) mass is 149 g/mol. The van der Waals surface area contributed by atoms with Crippen LogP contribution in [0.3, 0.4) is 0 Å². The quantitative estimate of drug-likeness (QED) is 0.526. The van der Waals surface area contributed by atoms with E-state index < -0.39 is 0 Å². The Hall–Kier alpha value is -0.770. The van der Waals surface area contributed by atoms with Crippen LogP contribution in [0.15, 0.2) is 12.2 Å². The molecule has 0 aromatic heterocycles. The molecule has 1 aliphatic rings. The van der Waals surface area contributed by atoms with E-state index >= 15 is 0 Å². The Morgan fingerprint density at radius 3 is 2.18 bits per heavy atom. The number of nitrogens with zero attached hydrogens (tertiary/aromatic N) is 1. The third kappa shape index (κ3) is 1.18. The lowest BCUT2D eigenvalue weighted by Crippen LogP contribution is -2.31. The van der Waals surface area contributed by atoms with Gasteiger partial charge in [-0.2, -0.15) is 5.26 Å². The molecule has 0 atom stereocenters. The molecule has 0 bridgehead atoms. The fourth-order valence-corrected chi connectivity index (χ4v) is 1.42. The van der Waals surface area contributed by atoms with Crippen molar-refractivity contribution in [2.24, 2.45) is 10.8 Å². The average molecular weight is 149 g/mol. The Balaban J connectivity index is 2.83. The minimum absolute atomic E-state index is 0.168. The van der Waals surface area contributed by atoms with Gasteiger partial charge in [0.15, 0.2) is 0 Å². The van der Waals surface area contributed by atoms with Crippen LogP contribution in [0.25, 0.3) is 0 Å². The first-order valence-corrected chi connectivity index (χ1v) is 4.08. The van der Waals surface area contributed by atoms with Crippen LogP contribution in [0.4, 0.5) is 0 Å². The molecule has 0 aromatic rings. The highest BCUT2D eigenvalue weighted by molar-refractivity contribution is 5.12. The summed E-state index contributed by atoms with van der Waals surface area (Å²) in [6, 6.07) is 2.38. The Kier molecular flexibility index (Phi) is 1.80. The molecule has 0 radical (unpaired) electrons. The van der Waals surface area contributed by atoms with E-state index in [2.05, 4.69) is 25.1 Å². The second-order valence-electron chi connectivity index (χ2n) is 4.18.